The third-order valence-electron chi connectivity index (χ3n) is 4.36. The first kappa shape index (κ1) is 18.1. The molecule has 1 aromatic heterocycles. The Morgan fingerprint density at radius 1 is 1.15 bits per heavy atom. The Bertz CT molecular complexity index is 928. The van der Waals surface area contributed by atoms with Crippen molar-refractivity contribution in [1.82, 2.24) is 9.88 Å². The molecule has 3 rings (SSSR count). The first-order valence-electron chi connectivity index (χ1n) is 8.15. The lowest BCUT2D eigenvalue weighted by molar-refractivity contribution is 0.0747. The summed E-state index contributed by atoms with van der Waals surface area (Å²) in [5, 5.41) is 2.74. The fourth-order valence-corrected chi connectivity index (χ4v) is 4.63. The van der Waals surface area contributed by atoms with Crippen molar-refractivity contribution in [2.75, 3.05) is 23.9 Å². The van der Waals surface area contributed by atoms with E-state index >= 15 is 0 Å². The number of pyridine rings is 1. The van der Waals surface area contributed by atoms with Crippen LogP contribution in [0.1, 0.15) is 27.1 Å². The third kappa shape index (κ3) is 4.08. The average Bonchev–Trinajstić information content (AvgIpc) is 3.01. The second kappa shape index (κ2) is 7.25. The van der Waals surface area contributed by atoms with Crippen molar-refractivity contribution < 1.29 is 18.0 Å². The molecule has 1 aliphatic heterocycles. The SMILES string of the molecule is CN(C(=O)c1cncc(C(=O)Nc2ccccc2)c1)C1CCS(=O)(=O)C1. The van der Waals surface area contributed by atoms with Crippen LogP contribution >= 0.6 is 0 Å². The van der Waals surface area contributed by atoms with Gasteiger partial charge in [0.05, 0.1) is 22.6 Å². The minimum absolute atomic E-state index is 0.0309. The molecule has 1 aliphatic rings. The number of rotatable bonds is 4. The van der Waals surface area contributed by atoms with E-state index in [4.69, 9.17) is 0 Å². The largest absolute Gasteiger partial charge is 0.338 e. The molecular formula is C18H19N3O4S. The summed E-state index contributed by atoms with van der Waals surface area (Å²) >= 11 is 0. The molecule has 1 unspecified atom stereocenters. The number of hydrogen-bond donors (Lipinski definition) is 1. The number of nitrogens with one attached hydrogen (secondary N) is 1. The van der Waals surface area contributed by atoms with Gasteiger partial charge in [-0.25, -0.2) is 8.42 Å². The normalized spacial score (nSPS) is 18.3. The van der Waals surface area contributed by atoms with Crippen LogP contribution < -0.4 is 5.32 Å². The lowest BCUT2D eigenvalue weighted by Gasteiger charge is -2.23. The fourth-order valence-electron chi connectivity index (χ4n) is 2.86. The highest BCUT2D eigenvalue weighted by atomic mass is 32.2. The quantitative estimate of drug-likeness (QED) is 0.878. The molecule has 0 bridgehead atoms. The van der Waals surface area contributed by atoms with Crippen molar-refractivity contribution >= 4 is 27.3 Å². The Morgan fingerprint density at radius 3 is 2.50 bits per heavy atom. The van der Waals surface area contributed by atoms with Crippen LogP contribution in [0.5, 0.6) is 0 Å². The van der Waals surface area contributed by atoms with Crippen LogP contribution in [0, 0.1) is 0 Å². The monoisotopic (exact) mass is 373 g/mol. The van der Waals surface area contributed by atoms with E-state index in [1.54, 1.807) is 31.3 Å². The van der Waals surface area contributed by atoms with Gasteiger partial charge in [0.1, 0.15) is 0 Å². The highest BCUT2D eigenvalue weighted by Crippen LogP contribution is 2.19. The zero-order valence-corrected chi connectivity index (χ0v) is 15.1. The average molecular weight is 373 g/mol. The molecule has 1 saturated heterocycles. The minimum atomic E-state index is -3.09. The fraction of sp³-hybridized carbons (Fsp3) is 0.278. The molecule has 0 saturated carbocycles. The van der Waals surface area contributed by atoms with Gasteiger partial charge in [0.25, 0.3) is 11.8 Å². The van der Waals surface area contributed by atoms with Gasteiger partial charge in [0, 0.05) is 31.2 Å². The lowest BCUT2D eigenvalue weighted by Crippen LogP contribution is -2.38. The van der Waals surface area contributed by atoms with Crippen molar-refractivity contribution in [3.63, 3.8) is 0 Å². The van der Waals surface area contributed by atoms with E-state index in [1.165, 1.54) is 23.4 Å². The molecule has 1 atom stereocenters. The maximum atomic E-state index is 12.6. The van der Waals surface area contributed by atoms with Gasteiger partial charge in [-0.1, -0.05) is 18.2 Å². The zero-order chi connectivity index (χ0) is 18.7. The van der Waals surface area contributed by atoms with E-state index in [0.717, 1.165) is 0 Å². The number of hydrogen-bond acceptors (Lipinski definition) is 5. The van der Waals surface area contributed by atoms with Gasteiger partial charge in [-0.15, -0.1) is 0 Å². The topological polar surface area (TPSA) is 96.4 Å². The number of carbonyl (C=O) groups is 2. The summed E-state index contributed by atoms with van der Waals surface area (Å²) in [5.41, 5.74) is 1.15. The van der Waals surface area contributed by atoms with Crippen LogP contribution in [-0.2, 0) is 9.84 Å². The second-order valence-electron chi connectivity index (χ2n) is 6.26. The molecule has 0 radical (unpaired) electrons. The summed E-state index contributed by atoms with van der Waals surface area (Å²) in [7, 11) is -1.51. The van der Waals surface area contributed by atoms with Gasteiger partial charge >= 0.3 is 0 Å². The molecule has 7 nitrogen and oxygen atoms in total. The van der Waals surface area contributed by atoms with E-state index < -0.39 is 9.84 Å². The number of anilines is 1. The summed E-state index contributed by atoms with van der Waals surface area (Å²) in [4.78, 5) is 30.4. The lowest BCUT2D eigenvalue weighted by atomic mass is 10.1. The Balaban J connectivity index is 1.74. The summed E-state index contributed by atoms with van der Waals surface area (Å²) in [6, 6.07) is 10.1. The van der Waals surface area contributed by atoms with Crippen LogP contribution in [0.2, 0.25) is 0 Å². The van der Waals surface area contributed by atoms with Crippen LogP contribution in [0.25, 0.3) is 0 Å². The van der Waals surface area contributed by atoms with Gasteiger partial charge in [0.2, 0.25) is 0 Å². The smallest absolute Gasteiger partial charge is 0.257 e. The van der Waals surface area contributed by atoms with Gasteiger partial charge < -0.3 is 10.2 Å². The minimum Gasteiger partial charge on any atom is -0.338 e. The summed E-state index contributed by atoms with van der Waals surface area (Å²) in [6.45, 7) is 0. The maximum Gasteiger partial charge on any atom is 0.257 e. The molecule has 2 aromatic rings. The molecule has 8 heteroatoms. The Kier molecular flexibility index (Phi) is 5.03. The molecular weight excluding hydrogens is 354 g/mol. The number of aromatic nitrogens is 1. The molecule has 136 valence electrons. The van der Waals surface area contributed by atoms with E-state index in [0.29, 0.717) is 12.1 Å². The highest BCUT2D eigenvalue weighted by Gasteiger charge is 2.33. The van der Waals surface area contributed by atoms with Crippen LogP contribution in [0.3, 0.4) is 0 Å². The third-order valence-corrected chi connectivity index (χ3v) is 6.11. The van der Waals surface area contributed by atoms with Crippen molar-refractivity contribution in [1.29, 1.82) is 0 Å². The van der Waals surface area contributed by atoms with Crippen LogP contribution in [-0.4, -0.2) is 54.7 Å². The van der Waals surface area contributed by atoms with E-state index in [2.05, 4.69) is 10.3 Å². The maximum absolute atomic E-state index is 12.6. The number of benzene rings is 1. The van der Waals surface area contributed by atoms with Gasteiger partial charge in [-0.3, -0.25) is 14.6 Å². The zero-order valence-electron chi connectivity index (χ0n) is 14.3. The summed E-state index contributed by atoms with van der Waals surface area (Å²) in [5.74, 6) is -0.664. The van der Waals surface area contributed by atoms with Crippen molar-refractivity contribution in [2.45, 2.75) is 12.5 Å². The van der Waals surface area contributed by atoms with Gasteiger partial charge in [0.15, 0.2) is 9.84 Å². The number of sulfone groups is 1. The number of nitrogens with zero attached hydrogens (tertiary/aromatic N) is 2. The number of para-hydroxylation sites is 1. The molecule has 26 heavy (non-hydrogen) atoms. The van der Waals surface area contributed by atoms with Crippen molar-refractivity contribution in [3.05, 3.63) is 59.9 Å². The van der Waals surface area contributed by atoms with Gasteiger partial charge in [-0.05, 0) is 24.6 Å². The number of amides is 2. The molecule has 1 fully saturated rings. The molecule has 1 N–H and O–H groups in total. The predicted octanol–water partition coefficient (Wildman–Crippen LogP) is 1.59. The Labute approximate surface area is 152 Å². The first-order chi connectivity index (χ1) is 12.4. The summed E-state index contributed by atoms with van der Waals surface area (Å²) < 4.78 is 23.2. The predicted molar refractivity (Wildman–Crippen MR) is 97.8 cm³/mol. The molecule has 2 heterocycles. The highest BCUT2D eigenvalue weighted by molar-refractivity contribution is 7.91. The summed E-state index contributed by atoms with van der Waals surface area (Å²) in [6.07, 6.45) is 3.18. The van der Waals surface area contributed by atoms with Crippen molar-refractivity contribution in [2.24, 2.45) is 0 Å². The van der Waals surface area contributed by atoms with E-state index in [9.17, 15) is 18.0 Å². The van der Waals surface area contributed by atoms with Crippen molar-refractivity contribution in [3.8, 4) is 0 Å². The first-order valence-corrected chi connectivity index (χ1v) is 9.97. The molecule has 0 aliphatic carbocycles. The molecule has 2 amide bonds. The van der Waals surface area contributed by atoms with Gasteiger partial charge in [-0.2, -0.15) is 0 Å². The molecule has 1 aromatic carbocycles. The van der Waals surface area contributed by atoms with E-state index in [-0.39, 0.29) is 40.5 Å². The van der Waals surface area contributed by atoms with E-state index in [1.807, 2.05) is 6.07 Å². The number of carbonyl (C=O) groups excluding carboxylic acids is 2. The standard InChI is InChI=1S/C18H19N3O4S/c1-21(16-7-8-26(24,25)12-16)18(23)14-9-13(10-19-11-14)17(22)20-15-5-3-2-4-6-15/h2-6,9-11,16H,7-8,12H2,1H3,(H,20,22). The van der Waals surface area contributed by atoms with Crippen LogP contribution in [0.4, 0.5) is 5.69 Å². The van der Waals surface area contributed by atoms with Crippen LogP contribution in [0.15, 0.2) is 48.8 Å². The molecule has 0 spiro atoms. The Morgan fingerprint density at radius 2 is 1.85 bits per heavy atom. The Hall–Kier alpha value is -2.74. The second-order valence-corrected chi connectivity index (χ2v) is 8.48.